The predicted octanol–water partition coefficient (Wildman–Crippen LogP) is 4.27. The molecule has 1 atom stereocenters. The Morgan fingerprint density at radius 2 is 1.74 bits per heavy atom. The van der Waals surface area contributed by atoms with Gasteiger partial charge in [-0.2, -0.15) is 0 Å². The van der Waals surface area contributed by atoms with Crippen molar-refractivity contribution in [1.29, 1.82) is 0 Å². The molecule has 0 aliphatic rings. The van der Waals surface area contributed by atoms with Crippen molar-refractivity contribution in [3.05, 3.63) is 34.9 Å². The largest absolute Gasteiger partial charge is 0.459 e. The molecule has 0 heterocycles. The lowest BCUT2D eigenvalue weighted by molar-refractivity contribution is -0.153. The lowest BCUT2D eigenvalue weighted by Crippen LogP contribution is -2.28. The summed E-state index contributed by atoms with van der Waals surface area (Å²) in [7, 11) is 0. The lowest BCUT2D eigenvalue weighted by Gasteiger charge is -2.22. The third kappa shape index (κ3) is 6.15. The highest BCUT2D eigenvalue weighted by atomic mass is 32.2. The first-order valence-electron chi connectivity index (χ1n) is 6.59. The first kappa shape index (κ1) is 16.1. The predicted molar refractivity (Wildman–Crippen MR) is 82.5 cm³/mol. The van der Waals surface area contributed by atoms with Gasteiger partial charge in [-0.25, -0.2) is 0 Å². The minimum atomic E-state index is -0.411. The van der Waals surface area contributed by atoms with Crippen molar-refractivity contribution in [2.24, 2.45) is 0 Å². The molecule has 0 spiro atoms. The van der Waals surface area contributed by atoms with Gasteiger partial charge in [0.1, 0.15) is 5.60 Å². The van der Waals surface area contributed by atoms with E-state index in [-0.39, 0.29) is 11.2 Å². The molecule has 1 rings (SSSR count). The molecule has 3 heteroatoms. The maximum absolute atomic E-state index is 11.9. The Bertz CT molecular complexity index is 426. The van der Waals surface area contributed by atoms with E-state index in [1.165, 1.54) is 16.7 Å². The van der Waals surface area contributed by atoms with Gasteiger partial charge in [-0.15, -0.1) is 11.8 Å². The van der Waals surface area contributed by atoms with Gasteiger partial charge in [-0.3, -0.25) is 4.79 Å². The maximum Gasteiger partial charge on any atom is 0.319 e. The fraction of sp³-hybridized carbons (Fsp3) is 0.562. The molecule has 0 bridgehead atoms. The molecule has 0 fully saturated rings. The zero-order valence-corrected chi connectivity index (χ0v) is 13.6. The quantitative estimate of drug-likeness (QED) is 0.771. The molecule has 1 aromatic rings. The molecule has 0 aromatic heterocycles. The summed E-state index contributed by atoms with van der Waals surface area (Å²) in [5.74, 6) is 0.699. The van der Waals surface area contributed by atoms with Crippen LogP contribution >= 0.6 is 11.8 Å². The fourth-order valence-electron chi connectivity index (χ4n) is 1.83. The van der Waals surface area contributed by atoms with Gasteiger partial charge >= 0.3 is 5.97 Å². The molecule has 2 nitrogen and oxygen atoms in total. The van der Waals surface area contributed by atoms with Crippen LogP contribution in [0.3, 0.4) is 0 Å². The fourth-order valence-corrected chi connectivity index (χ4v) is 2.62. The van der Waals surface area contributed by atoms with E-state index in [1.54, 1.807) is 11.8 Å². The summed E-state index contributed by atoms with van der Waals surface area (Å²) in [6, 6.07) is 6.50. The summed E-state index contributed by atoms with van der Waals surface area (Å²) in [6.45, 7) is 11.8. The summed E-state index contributed by atoms with van der Waals surface area (Å²) < 4.78 is 5.38. The molecule has 0 aliphatic carbocycles. The van der Waals surface area contributed by atoms with E-state index in [1.807, 2.05) is 27.7 Å². The first-order chi connectivity index (χ1) is 8.67. The van der Waals surface area contributed by atoms with Crippen LogP contribution in [-0.4, -0.2) is 16.8 Å². The standard InChI is InChI=1S/C16H24O2S/c1-11-7-12(2)9-14(8-11)10-19-13(3)15(17)18-16(4,5)6/h7-9,13H,10H2,1-6H3. The number of hydrogen-bond donors (Lipinski definition) is 0. The highest BCUT2D eigenvalue weighted by molar-refractivity contribution is 7.99. The van der Waals surface area contributed by atoms with E-state index < -0.39 is 5.60 Å². The van der Waals surface area contributed by atoms with Gasteiger partial charge < -0.3 is 4.74 Å². The molecule has 0 amide bonds. The number of thioether (sulfide) groups is 1. The monoisotopic (exact) mass is 280 g/mol. The van der Waals surface area contributed by atoms with Crippen molar-refractivity contribution < 1.29 is 9.53 Å². The number of benzene rings is 1. The van der Waals surface area contributed by atoms with Crippen LogP contribution < -0.4 is 0 Å². The third-order valence-corrected chi connectivity index (χ3v) is 3.71. The number of carbonyl (C=O) groups excluding carboxylic acids is 1. The Morgan fingerprint density at radius 3 is 2.21 bits per heavy atom. The zero-order chi connectivity index (χ0) is 14.6. The molecule has 0 saturated heterocycles. The van der Waals surface area contributed by atoms with Gasteiger partial charge in [0.2, 0.25) is 0 Å². The van der Waals surface area contributed by atoms with E-state index >= 15 is 0 Å². The van der Waals surface area contributed by atoms with Crippen molar-refractivity contribution in [2.75, 3.05) is 0 Å². The topological polar surface area (TPSA) is 26.3 Å². The van der Waals surface area contributed by atoms with Crippen LogP contribution in [0.4, 0.5) is 0 Å². The molecule has 0 N–H and O–H groups in total. The van der Waals surface area contributed by atoms with Gasteiger partial charge in [0, 0.05) is 5.75 Å². The Morgan fingerprint density at radius 1 is 1.21 bits per heavy atom. The van der Waals surface area contributed by atoms with Crippen LogP contribution in [0.1, 0.15) is 44.4 Å². The van der Waals surface area contributed by atoms with Crippen LogP contribution in [0.5, 0.6) is 0 Å². The summed E-state index contributed by atoms with van der Waals surface area (Å²) in [6.07, 6.45) is 0. The number of carbonyl (C=O) groups is 1. The second-order valence-electron chi connectivity index (χ2n) is 5.98. The molecule has 1 aromatic carbocycles. The second kappa shape index (κ2) is 6.47. The minimum Gasteiger partial charge on any atom is -0.459 e. The first-order valence-corrected chi connectivity index (χ1v) is 7.64. The molecule has 0 saturated carbocycles. The third-order valence-electron chi connectivity index (χ3n) is 2.52. The Balaban J connectivity index is 2.54. The van der Waals surface area contributed by atoms with Crippen molar-refractivity contribution in [3.63, 3.8) is 0 Å². The van der Waals surface area contributed by atoms with Crippen LogP contribution in [0, 0.1) is 13.8 Å². The minimum absolute atomic E-state index is 0.137. The maximum atomic E-state index is 11.9. The number of aryl methyl sites for hydroxylation is 2. The Hall–Kier alpha value is -0.960. The molecule has 19 heavy (non-hydrogen) atoms. The molecular formula is C16H24O2S. The SMILES string of the molecule is Cc1cc(C)cc(CSC(C)C(=O)OC(C)(C)C)c1. The number of esters is 1. The van der Waals surface area contributed by atoms with Gasteiger partial charge in [0.05, 0.1) is 5.25 Å². The zero-order valence-electron chi connectivity index (χ0n) is 12.7. The average molecular weight is 280 g/mol. The van der Waals surface area contributed by atoms with Gasteiger partial charge in [-0.05, 0) is 47.1 Å². The summed E-state index contributed by atoms with van der Waals surface area (Å²) in [5, 5.41) is -0.139. The van der Waals surface area contributed by atoms with E-state index in [0.717, 1.165) is 5.75 Å². The number of rotatable bonds is 4. The molecule has 106 valence electrons. The van der Waals surface area contributed by atoms with Gasteiger partial charge in [0.25, 0.3) is 0 Å². The number of hydrogen-bond acceptors (Lipinski definition) is 3. The van der Waals surface area contributed by atoms with E-state index in [4.69, 9.17) is 4.74 Å². The highest BCUT2D eigenvalue weighted by Gasteiger charge is 2.21. The second-order valence-corrected chi connectivity index (χ2v) is 7.31. The van der Waals surface area contributed by atoms with Crippen molar-refractivity contribution >= 4 is 17.7 Å². The Kier molecular flexibility index (Phi) is 5.48. The van der Waals surface area contributed by atoms with Gasteiger partial charge in [0.15, 0.2) is 0 Å². The normalized spacial score (nSPS) is 13.2. The van der Waals surface area contributed by atoms with Crippen LogP contribution in [-0.2, 0) is 15.3 Å². The van der Waals surface area contributed by atoms with Crippen molar-refractivity contribution in [2.45, 2.75) is 58.1 Å². The molecule has 0 aliphatic heterocycles. The van der Waals surface area contributed by atoms with Gasteiger partial charge in [-0.1, -0.05) is 29.3 Å². The molecular weight excluding hydrogens is 256 g/mol. The summed E-state index contributed by atoms with van der Waals surface area (Å²) in [5.41, 5.74) is 3.38. The highest BCUT2D eigenvalue weighted by Crippen LogP contribution is 2.22. The smallest absolute Gasteiger partial charge is 0.319 e. The van der Waals surface area contributed by atoms with Crippen molar-refractivity contribution in [1.82, 2.24) is 0 Å². The summed E-state index contributed by atoms with van der Waals surface area (Å²) >= 11 is 1.62. The van der Waals surface area contributed by atoms with E-state index in [0.29, 0.717) is 0 Å². The summed E-state index contributed by atoms with van der Waals surface area (Å²) in [4.78, 5) is 11.9. The van der Waals surface area contributed by atoms with E-state index in [9.17, 15) is 4.79 Å². The van der Waals surface area contributed by atoms with Crippen molar-refractivity contribution in [3.8, 4) is 0 Å². The lowest BCUT2D eigenvalue weighted by atomic mass is 10.1. The molecule has 0 radical (unpaired) electrons. The van der Waals surface area contributed by atoms with Crippen LogP contribution in [0.2, 0.25) is 0 Å². The average Bonchev–Trinajstić information content (AvgIpc) is 2.22. The van der Waals surface area contributed by atoms with E-state index in [2.05, 4.69) is 32.0 Å². The molecule has 1 unspecified atom stereocenters. The van der Waals surface area contributed by atoms with Crippen LogP contribution in [0.15, 0.2) is 18.2 Å². The van der Waals surface area contributed by atoms with Crippen LogP contribution in [0.25, 0.3) is 0 Å². The number of ether oxygens (including phenoxy) is 1. The Labute approximate surface area is 120 Å².